The van der Waals surface area contributed by atoms with Crippen molar-refractivity contribution in [2.24, 2.45) is 0 Å². The van der Waals surface area contributed by atoms with Crippen LogP contribution in [0, 0.1) is 13.8 Å². The van der Waals surface area contributed by atoms with Gasteiger partial charge in [-0.1, -0.05) is 35.9 Å². The molecule has 0 aromatic heterocycles. The van der Waals surface area contributed by atoms with Crippen LogP contribution in [0.5, 0.6) is 0 Å². The lowest BCUT2D eigenvalue weighted by molar-refractivity contribution is -0.134. The number of rotatable bonds is 7. The van der Waals surface area contributed by atoms with E-state index in [9.17, 15) is 14.4 Å². The SMILES string of the molecule is CSCCC(C(=O)N(C)Cc1ccc(C)cc1C)N1C(=O)c2ccccc2C1=O. The number of imide groups is 1. The predicted molar refractivity (Wildman–Crippen MR) is 116 cm³/mol. The second-order valence-corrected chi connectivity index (χ2v) is 8.43. The summed E-state index contributed by atoms with van der Waals surface area (Å²) in [5.74, 6) is -0.301. The molecule has 0 saturated heterocycles. The predicted octanol–water partition coefficient (Wildman–Crippen LogP) is 3.68. The summed E-state index contributed by atoms with van der Waals surface area (Å²) in [6.45, 7) is 4.49. The van der Waals surface area contributed by atoms with Crippen molar-refractivity contribution >= 4 is 29.5 Å². The van der Waals surface area contributed by atoms with Crippen molar-refractivity contribution in [1.29, 1.82) is 0 Å². The number of hydrogen-bond donors (Lipinski definition) is 0. The summed E-state index contributed by atoms with van der Waals surface area (Å²) >= 11 is 1.59. The molecule has 0 aliphatic carbocycles. The van der Waals surface area contributed by atoms with Gasteiger partial charge in [-0.15, -0.1) is 0 Å². The van der Waals surface area contributed by atoms with Gasteiger partial charge in [0.25, 0.3) is 11.8 Å². The molecule has 1 heterocycles. The summed E-state index contributed by atoms with van der Waals surface area (Å²) in [7, 11) is 1.73. The van der Waals surface area contributed by atoms with Gasteiger partial charge >= 0.3 is 0 Å². The minimum absolute atomic E-state index is 0.214. The fourth-order valence-electron chi connectivity index (χ4n) is 3.69. The quantitative estimate of drug-likeness (QED) is 0.654. The number of nitrogens with zero attached hydrogens (tertiary/aromatic N) is 2. The van der Waals surface area contributed by atoms with E-state index in [2.05, 4.69) is 6.07 Å². The lowest BCUT2D eigenvalue weighted by atomic mass is 10.0. The molecule has 0 bridgehead atoms. The van der Waals surface area contributed by atoms with Gasteiger partial charge in [-0.25, -0.2) is 0 Å². The summed E-state index contributed by atoms with van der Waals surface area (Å²) in [6.07, 6.45) is 2.38. The molecule has 0 radical (unpaired) electrons. The first kappa shape index (κ1) is 21.1. The minimum Gasteiger partial charge on any atom is -0.340 e. The Morgan fingerprint density at radius 2 is 1.69 bits per heavy atom. The average Bonchev–Trinajstić information content (AvgIpc) is 2.95. The molecule has 3 rings (SSSR count). The van der Waals surface area contributed by atoms with Gasteiger partial charge in [-0.2, -0.15) is 11.8 Å². The van der Waals surface area contributed by atoms with Crippen molar-refractivity contribution in [1.82, 2.24) is 9.80 Å². The topological polar surface area (TPSA) is 57.7 Å². The van der Waals surface area contributed by atoms with Crippen LogP contribution in [0.4, 0.5) is 0 Å². The van der Waals surface area contributed by atoms with Crippen molar-refractivity contribution in [2.45, 2.75) is 32.9 Å². The van der Waals surface area contributed by atoms with Crippen molar-refractivity contribution in [3.63, 3.8) is 0 Å². The molecular formula is C23H26N2O3S. The number of carbonyl (C=O) groups is 3. The zero-order valence-electron chi connectivity index (χ0n) is 17.3. The maximum atomic E-state index is 13.3. The number of benzene rings is 2. The Hall–Kier alpha value is -2.60. The molecule has 1 aliphatic heterocycles. The monoisotopic (exact) mass is 410 g/mol. The minimum atomic E-state index is -0.800. The number of thioether (sulfide) groups is 1. The maximum absolute atomic E-state index is 13.3. The van der Waals surface area contributed by atoms with Gasteiger partial charge in [-0.05, 0) is 55.5 Å². The number of hydrogen-bond acceptors (Lipinski definition) is 4. The number of amides is 3. The highest BCUT2D eigenvalue weighted by molar-refractivity contribution is 7.98. The largest absolute Gasteiger partial charge is 0.340 e. The highest BCUT2D eigenvalue weighted by atomic mass is 32.2. The Morgan fingerprint density at radius 1 is 1.07 bits per heavy atom. The molecule has 1 aliphatic rings. The van der Waals surface area contributed by atoms with Crippen LogP contribution in [0.25, 0.3) is 0 Å². The zero-order chi connectivity index (χ0) is 21.1. The van der Waals surface area contributed by atoms with Crippen LogP contribution in [-0.2, 0) is 11.3 Å². The van der Waals surface area contributed by atoms with Crippen LogP contribution in [0.2, 0.25) is 0 Å². The van der Waals surface area contributed by atoms with E-state index in [1.54, 1.807) is 48.0 Å². The van der Waals surface area contributed by atoms with Gasteiger partial charge < -0.3 is 4.90 Å². The second-order valence-electron chi connectivity index (χ2n) is 7.45. The Kier molecular flexibility index (Phi) is 6.42. The Balaban J connectivity index is 1.85. The fourth-order valence-corrected chi connectivity index (χ4v) is 4.15. The van der Waals surface area contributed by atoms with Gasteiger partial charge in [0, 0.05) is 13.6 Å². The summed E-state index contributed by atoms with van der Waals surface area (Å²) < 4.78 is 0. The summed E-state index contributed by atoms with van der Waals surface area (Å²) in [5, 5.41) is 0. The third-order valence-electron chi connectivity index (χ3n) is 5.30. The van der Waals surface area contributed by atoms with Crippen LogP contribution in [0.1, 0.15) is 43.8 Å². The van der Waals surface area contributed by atoms with Crippen molar-refractivity contribution in [3.05, 3.63) is 70.3 Å². The van der Waals surface area contributed by atoms with Crippen molar-refractivity contribution < 1.29 is 14.4 Å². The van der Waals surface area contributed by atoms with E-state index >= 15 is 0 Å². The highest BCUT2D eigenvalue weighted by Gasteiger charge is 2.43. The summed E-state index contributed by atoms with van der Waals surface area (Å²) in [5.41, 5.74) is 4.08. The van der Waals surface area contributed by atoms with E-state index in [0.29, 0.717) is 29.8 Å². The van der Waals surface area contributed by atoms with Crippen LogP contribution in [0.3, 0.4) is 0 Å². The number of aryl methyl sites for hydroxylation is 2. The first-order chi connectivity index (χ1) is 13.8. The number of carbonyl (C=O) groups excluding carboxylic acids is 3. The molecule has 0 spiro atoms. The molecule has 0 fully saturated rings. The van der Waals surface area contributed by atoms with Gasteiger partial charge in [0.1, 0.15) is 6.04 Å². The fraction of sp³-hybridized carbons (Fsp3) is 0.348. The molecule has 2 aromatic rings. The van der Waals surface area contributed by atoms with Crippen molar-refractivity contribution in [2.75, 3.05) is 19.1 Å². The molecule has 1 unspecified atom stereocenters. The molecular weight excluding hydrogens is 384 g/mol. The smallest absolute Gasteiger partial charge is 0.262 e. The van der Waals surface area contributed by atoms with E-state index in [4.69, 9.17) is 0 Å². The van der Waals surface area contributed by atoms with Gasteiger partial charge in [0.15, 0.2) is 0 Å². The third kappa shape index (κ3) is 4.22. The molecule has 3 amide bonds. The standard InChI is InChI=1S/C23H26N2O3S/c1-15-9-10-17(16(2)13-15)14-24(3)23(28)20(11-12-29-4)25-21(26)18-7-5-6-8-19(18)22(25)27/h5-10,13,20H,11-12,14H2,1-4H3. The molecule has 0 saturated carbocycles. The molecule has 5 nitrogen and oxygen atoms in total. The van der Waals surface area contributed by atoms with E-state index in [1.165, 1.54) is 5.56 Å². The van der Waals surface area contributed by atoms with E-state index in [1.807, 2.05) is 32.2 Å². The van der Waals surface area contributed by atoms with Crippen LogP contribution in [0.15, 0.2) is 42.5 Å². The molecule has 29 heavy (non-hydrogen) atoms. The van der Waals surface area contributed by atoms with E-state index < -0.39 is 6.04 Å². The lowest BCUT2D eigenvalue weighted by Crippen LogP contribution is -2.50. The molecule has 152 valence electrons. The van der Waals surface area contributed by atoms with E-state index in [-0.39, 0.29) is 17.7 Å². The number of likely N-dealkylation sites (N-methyl/N-ethyl adjacent to an activating group) is 1. The Labute approximate surface area is 176 Å². The normalized spacial score (nSPS) is 14.1. The number of fused-ring (bicyclic) bond motifs is 1. The first-order valence-electron chi connectivity index (χ1n) is 9.62. The third-order valence-corrected chi connectivity index (χ3v) is 5.94. The molecule has 2 aromatic carbocycles. The maximum Gasteiger partial charge on any atom is 0.262 e. The lowest BCUT2D eigenvalue weighted by Gasteiger charge is -2.29. The molecule has 1 atom stereocenters. The zero-order valence-corrected chi connectivity index (χ0v) is 18.1. The van der Waals surface area contributed by atoms with Crippen LogP contribution in [-0.4, -0.2) is 52.6 Å². The van der Waals surface area contributed by atoms with Gasteiger partial charge in [0.2, 0.25) is 5.91 Å². The summed E-state index contributed by atoms with van der Waals surface area (Å²) in [6, 6.07) is 12.1. The highest BCUT2D eigenvalue weighted by Crippen LogP contribution is 2.27. The van der Waals surface area contributed by atoms with Crippen LogP contribution >= 0.6 is 11.8 Å². The van der Waals surface area contributed by atoms with Crippen molar-refractivity contribution in [3.8, 4) is 0 Å². The van der Waals surface area contributed by atoms with E-state index in [0.717, 1.165) is 16.0 Å². The molecule has 0 N–H and O–H groups in total. The van der Waals surface area contributed by atoms with Crippen LogP contribution < -0.4 is 0 Å². The van der Waals surface area contributed by atoms with Gasteiger partial charge in [-0.3, -0.25) is 19.3 Å². The Morgan fingerprint density at radius 3 is 2.24 bits per heavy atom. The molecule has 6 heteroatoms. The average molecular weight is 411 g/mol. The summed E-state index contributed by atoms with van der Waals surface area (Å²) in [4.78, 5) is 41.9. The Bertz CT molecular complexity index is 922. The first-order valence-corrected chi connectivity index (χ1v) is 11.0. The van der Waals surface area contributed by atoms with Gasteiger partial charge in [0.05, 0.1) is 11.1 Å². The second kappa shape index (κ2) is 8.82.